The van der Waals surface area contributed by atoms with Crippen LogP contribution >= 0.6 is 0 Å². The first-order valence-electron chi connectivity index (χ1n) is 10.4. The maximum absolute atomic E-state index is 12.6. The minimum absolute atomic E-state index is 0.0371. The van der Waals surface area contributed by atoms with Crippen molar-refractivity contribution in [2.45, 2.75) is 70.4 Å². The molecule has 2 atom stereocenters. The van der Waals surface area contributed by atoms with Crippen LogP contribution in [0.15, 0.2) is 18.2 Å². The molecule has 0 spiro atoms. The van der Waals surface area contributed by atoms with Crippen molar-refractivity contribution in [1.29, 1.82) is 0 Å². The highest BCUT2D eigenvalue weighted by molar-refractivity contribution is 5.77. The molecule has 1 N–H and O–H groups in total. The van der Waals surface area contributed by atoms with E-state index in [4.69, 9.17) is 4.74 Å². The monoisotopic (exact) mass is 370 g/mol. The van der Waals surface area contributed by atoms with Gasteiger partial charge in [-0.05, 0) is 60.6 Å². The molecule has 27 heavy (non-hydrogen) atoms. The molecule has 146 valence electrons. The Labute approximate surface area is 161 Å². The number of benzene rings is 1. The maximum Gasteiger partial charge on any atom is 0.410 e. The van der Waals surface area contributed by atoms with E-state index in [0.717, 1.165) is 19.3 Å². The minimum atomic E-state index is -0.227. The summed E-state index contributed by atoms with van der Waals surface area (Å²) in [6.45, 7) is 5.36. The summed E-state index contributed by atoms with van der Waals surface area (Å²) in [7, 11) is 0. The zero-order valence-electron chi connectivity index (χ0n) is 16.4. The molecule has 0 bridgehead atoms. The summed E-state index contributed by atoms with van der Waals surface area (Å²) in [4.78, 5) is 26.2. The van der Waals surface area contributed by atoms with Gasteiger partial charge in [0.05, 0.1) is 13.1 Å². The Balaban J connectivity index is 1.32. The van der Waals surface area contributed by atoms with Crippen molar-refractivity contribution in [2.75, 3.05) is 13.1 Å². The number of aryl methyl sites for hydroxylation is 2. The molecule has 5 heteroatoms. The molecule has 0 aromatic heterocycles. The first-order chi connectivity index (χ1) is 13.0. The number of carbonyl (C=O) groups excluding carboxylic acids is 2. The highest BCUT2D eigenvalue weighted by atomic mass is 16.6. The molecule has 1 heterocycles. The Hall–Kier alpha value is -2.04. The van der Waals surface area contributed by atoms with E-state index in [2.05, 4.69) is 37.4 Å². The van der Waals surface area contributed by atoms with Crippen molar-refractivity contribution >= 4 is 12.0 Å². The standard InChI is InChI=1S/C22H30N2O3/c1-14(2)20(17-7-6-15-4-3-5-16(15)10-17)11-21(25)23-12-19-13-24(18-8-9-18)22(26)27-19/h6-7,10,14,18-20H,3-5,8-9,11-13H2,1-2H3,(H,23,25). The molecule has 1 aromatic rings. The van der Waals surface area contributed by atoms with Gasteiger partial charge in [0.25, 0.3) is 0 Å². The van der Waals surface area contributed by atoms with Gasteiger partial charge in [-0.25, -0.2) is 4.79 Å². The van der Waals surface area contributed by atoms with Crippen LogP contribution in [0.2, 0.25) is 0 Å². The van der Waals surface area contributed by atoms with Crippen LogP contribution < -0.4 is 5.32 Å². The molecule has 3 aliphatic rings. The normalized spacial score (nSPS) is 22.7. The molecule has 1 aromatic carbocycles. The SMILES string of the molecule is CC(C)C(CC(=O)NCC1CN(C2CC2)C(=O)O1)c1ccc2c(c1)CCC2. The first kappa shape index (κ1) is 18.3. The van der Waals surface area contributed by atoms with Gasteiger partial charge >= 0.3 is 6.09 Å². The number of carbonyl (C=O) groups is 2. The largest absolute Gasteiger partial charge is 0.442 e. The van der Waals surface area contributed by atoms with Crippen LogP contribution in [0.5, 0.6) is 0 Å². The Morgan fingerprint density at radius 1 is 1.26 bits per heavy atom. The highest BCUT2D eigenvalue weighted by Crippen LogP contribution is 2.32. The number of nitrogens with zero attached hydrogens (tertiary/aromatic N) is 1. The van der Waals surface area contributed by atoms with Crippen molar-refractivity contribution in [3.8, 4) is 0 Å². The number of amides is 2. The molecule has 2 aliphatic carbocycles. The fraction of sp³-hybridized carbons (Fsp3) is 0.636. The molecule has 2 amide bonds. The Kier molecular flexibility index (Phi) is 5.11. The third-order valence-corrected chi connectivity index (χ3v) is 6.18. The predicted molar refractivity (Wildman–Crippen MR) is 104 cm³/mol. The lowest BCUT2D eigenvalue weighted by atomic mass is 9.84. The number of nitrogens with one attached hydrogen (secondary N) is 1. The van der Waals surface area contributed by atoms with Crippen molar-refractivity contribution in [3.63, 3.8) is 0 Å². The van der Waals surface area contributed by atoms with Gasteiger partial charge in [0, 0.05) is 12.5 Å². The van der Waals surface area contributed by atoms with E-state index in [1.165, 1.54) is 29.5 Å². The Bertz CT molecular complexity index is 726. The number of rotatable bonds is 7. The van der Waals surface area contributed by atoms with Gasteiger partial charge in [-0.15, -0.1) is 0 Å². The van der Waals surface area contributed by atoms with E-state index in [9.17, 15) is 9.59 Å². The number of ether oxygens (including phenoxy) is 1. The molecule has 2 unspecified atom stereocenters. The lowest BCUT2D eigenvalue weighted by molar-refractivity contribution is -0.122. The minimum Gasteiger partial charge on any atom is -0.442 e. The van der Waals surface area contributed by atoms with Gasteiger partial charge in [0.1, 0.15) is 6.10 Å². The molecule has 4 rings (SSSR count). The van der Waals surface area contributed by atoms with E-state index >= 15 is 0 Å². The summed E-state index contributed by atoms with van der Waals surface area (Å²) in [5.74, 6) is 0.643. The summed E-state index contributed by atoms with van der Waals surface area (Å²) in [6.07, 6.45) is 5.75. The topological polar surface area (TPSA) is 58.6 Å². The smallest absolute Gasteiger partial charge is 0.410 e. The van der Waals surface area contributed by atoms with E-state index in [0.29, 0.717) is 31.5 Å². The molecule has 2 fully saturated rings. The predicted octanol–water partition coefficient (Wildman–Crippen LogP) is 3.40. The number of hydrogen-bond acceptors (Lipinski definition) is 3. The fourth-order valence-electron chi connectivity index (χ4n) is 4.39. The lowest BCUT2D eigenvalue weighted by Crippen LogP contribution is -2.35. The summed E-state index contributed by atoms with van der Waals surface area (Å²) in [5, 5.41) is 2.99. The number of fused-ring (bicyclic) bond motifs is 1. The highest BCUT2D eigenvalue weighted by Gasteiger charge is 2.40. The Morgan fingerprint density at radius 3 is 2.78 bits per heavy atom. The quantitative estimate of drug-likeness (QED) is 0.800. The average Bonchev–Trinajstić information content (AvgIpc) is 3.25. The van der Waals surface area contributed by atoms with Crippen LogP contribution in [0.4, 0.5) is 4.79 Å². The van der Waals surface area contributed by atoms with Gasteiger partial charge in [0.15, 0.2) is 0 Å². The summed E-state index contributed by atoms with van der Waals surface area (Å²) < 4.78 is 5.39. The molecule has 0 radical (unpaired) electrons. The number of hydrogen-bond donors (Lipinski definition) is 1. The van der Waals surface area contributed by atoms with Crippen molar-refractivity contribution in [2.24, 2.45) is 5.92 Å². The molecule has 5 nitrogen and oxygen atoms in total. The second kappa shape index (κ2) is 7.53. The van der Waals surface area contributed by atoms with Gasteiger partial charge in [-0.3, -0.25) is 4.79 Å². The van der Waals surface area contributed by atoms with Crippen LogP contribution in [0.1, 0.15) is 62.1 Å². The van der Waals surface area contributed by atoms with Crippen molar-refractivity contribution < 1.29 is 14.3 Å². The van der Waals surface area contributed by atoms with Gasteiger partial charge in [0.2, 0.25) is 5.91 Å². The zero-order chi connectivity index (χ0) is 19.0. The molecule has 1 saturated carbocycles. The van der Waals surface area contributed by atoms with Crippen LogP contribution in [0.3, 0.4) is 0 Å². The van der Waals surface area contributed by atoms with Gasteiger partial charge in [-0.2, -0.15) is 0 Å². The lowest BCUT2D eigenvalue weighted by Gasteiger charge is -2.22. The molecule has 1 aliphatic heterocycles. The fourth-order valence-corrected chi connectivity index (χ4v) is 4.39. The van der Waals surface area contributed by atoms with Crippen molar-refractivity contribution in [3.05, 3.63) is 34.9 Å². The molecular formula is C22H30N2O3. The first-order valence-corrected chi connectivity index (χ1v) is 10.4. The van der Waals surface area contributed by atoms with Crippen LogP contribution in [0.25, 0.3) is 0 Å². The second-order valence-corrected chi connectivity index (χ2v) is 8.63. The van der Waals surface area contributed by atoms with E-state index in [-0.39, 0.29) is 24.0 Å². The maximum atomic E-state index is 12.6. The number of cyclic esters (lactones) is 1. The molecule has 1 saturated heterocycles. The van der Waals surface area contributed by atoms with Crippen molar-refractivity contribution in [1.82, 2.24) is 10.2 Å². The van der Waals surface area contributed by atoms with E-state index in [1.807, 2.05) is 0 Å². The molecular weight excluding hydrogens is 340 g/mol. The van der Waals surface area contributed by atoms with Gasteiger partial charge in [-0.1, -0.05) is 32.0 Å². The zero-order valence-corrected chi connectivity index (χ0v) is 16.4. The van der Waals surface area contributed by atoms with E-state index < -0.39 is 0 Å². The van der Waals surface area contributed by atoms with Gasteiger partial charge < -0.3 is 15.0 Å². The third kappa shape index (κ3) is 4.12. The average molecular weight is 370 g/mol. The van der Waals surface area contributed by atoms with Crippen LogP contribution in [-0.2, 0) is 22.4 Å². The van der Waals surface area contributed by atoms with E-state index in [1.54, 1.807) is 4.90 Å². The van der Waals surface area contributed by atoms with Crippen LogP contribution in [-0.4, -0.2) is 42.1 Å². The van der Waals surface area contributed by atoms with Crippen LogP contribution in [0, 0.1) is 5.92 Å². The summed E-state index contributed by atoms with van der Waals surface area (Å²) >= 11 is 0. The summed E-state index contributed by atoms with van der Waals surface area (Å²) in [5.41, 5.74) is 4.19. The summed E-state index contributed by atoms with van der Waals surface area (Å²) in [6, 6.07) is 7.12. The Morgan fingerprint density at radius 2 is 2.04 bits per heavy atom. The third-order valence-electron chi connectivity index (χ3n) is 6.18. The second-order valence-electron chi connectivity index (χ2n) is 8.63.